The van der Waals surface area contributed by atoms with Crippen LogP contribution in [-0.4, -0.2) is 237 Å². The van der Waals surface area contributed by atoms with Gasteiger partial charge in [-0.1, -0.05) is 67.1 Å². The zero-order chi connectivity index (χ0) is 83.8. The maximum atomic E-state index is 15.5. The minimum atomic E-state index is -4.01. The van der Waals surface area contributed by atoms with Crippen molar-refractivity contribution < 1.29 is 110 Å². The first kappa shape index (κ1) is 90.7. The largest absolute Gasteiger partial charge is 0.497 e. The third kappa shape index (κ3) is 26.5. The molecule has 1 aliphatic rings. The molecule has 1 saturated heterocycles. The molecular formula is C74H96ClFN14O22S. The first-order valence-corrected chi connectivity index (χ1v) is 38.0. The summed E-state index contributed by atoms with van der Waals surface area (Å²) in [5.74, 6) is -16.0. The van der Waals surface area contributed by atoms with Crippen LogP contribution < -0.4 is 67.8 Å². The van der Waals surface area contributed by atoms with Crippen LogP contribution in [0, 0.1) is 12.7 Å². The molecule has 0 aliphatic carbocycles. The average molecular weight is 1620 g/mol. The van der Waals surface area contributed by atoms with Gasteiger partial charge in [-0.2, -0.15) is 0 Å². The molecule has 0 bridgehead atoms. The van der Waals surface area contributed by atoms with E-state index in [9.17, 15) is 96.3 Å². The number of aliphatic hydroxyl groups is 3. The summed E-state index contributed by atoms with van der Waals surface area (Å²) in [5, 5.41) is 73.3. The fourth-order valence-corrected chi connectivity index (χ4v) is 13.3. The Hall–Kier alpha value is -11.2. The lowest BCUT2D eigenvalue weighted by molar-refractivity contribution is -0.146. The zero-order valence-corrected chi connectivity index (χ0v) is 64.8. The second kappa shape index (κ2) is 41.4. The molecule has 12 atom stereocenters. The Morgan fingerprint density at radius 2 is 1.38 bits per heavy atom. The first-order chi connectivity index (χ1) is 53.2. The van der Waals surface area contributed by atoms with Gasteiger partial charge < -0.3 is 98.5 Å². The van der Waals surface area contributed by atoms with E-state index in [-0.39, 0.29) is 50.8 Å². The number of amides is 11. The molecule has 0 radical (unpaired) electrons. The smallest absolute Gasteiger partial charge is 0.305 e. The van der Waals surface area contributed by atoms with Crippen molar-refractivity contribution in [3.63, 3.8) is 0 Å². The minimum absolute atomic E-state index is 0.00210. The number of halogens is 2. The Bertz CT molecular complexity index is 4390. The van der Waals surface area contributed by atoms with Crippen LogP contribution in [0.25, 0.3) is 11.1 Å². The number of aromatic nitrogens is 2. The summed E-state index contributed by atoms with van der Waals surface area (Å²) < 4.78 is 53.8. The van der Waals surface area contributed by atoms with Crippen molar-refractivity contribution in [3.05, 3.63) is 136 Å². The number of hydrogen-bond acceptors (Lipinski definition) is 21. The number of carbonyl (C=O) groups is 13. The van der Waals surface area contributed by atoms with Gasteiger partial charge in [0.1, 0.15) is 76.7 Å². The van der Waals surface area contributed by atoms with Crippen LogP contribution in [0.3, 0.4) is 0 Å². The highest BCUT2D eigenvalue weighted by Gasteiger charge is 2.49. The van der Waals surface area contributed by atoms with Gasteiger partial charge in [-0.15, -0.1) is 0 Å². The summed E-state index contributed by atoms with van der Waals surface area (Å²) in [6.07, 6.45) is -3.39. The Kier molecular flexibility index (Phi) is 33.2. The number of methoxy groups -OCH3 is 1. The topological polar surface area (TPSA) is 554 Å². The molecule has 1 aromatic heterocycles. The molecule has 113 heavy (non-hydrogen) atoms. The number of nitrogens with one attached hydrogen (secondary N) is 11. The highest BCUT2D eigenvalue weighted by atomic mass is 35.5. The summed E-state index contributed by atoms with van der Waals surface area (Å²) in [5.41, 5.74) is 5.34. The number of carboxylic acid groups (broad SMARTS) is 2. The number of sulfonamides is 1. The summed E-state index contributed by atoms with van der Waals surface area (Å²) in [4.78, 5) is 187. The predicted octanol–water partition coefficient (Wildman–Crippen LogP) is -1.49. The van der Waals surface area contributed by atoms with Crippen molar-refractivity contribution in [2.45, 2.75) is 177 Å². The molecule has 1 aliphatic heterocycles. The maximum absolute atomic E-state index is 15.5. The van der Waals surface area contributed by atoms with E-state index >= 15 is 4.39 Å². The summed E-state index contributed by atoms with van der Waals surface area (Å²) >= 11 is 6.09. The van der Waals surface area contributed by atoms with Gasteiger partial charge in [0.25, 0.3) is 0 Å². The quantitative estimate of drug-likeness (QED) is 0.0211. The minimum Gasteiger partial charge on any atom is -0.497 e. The zero-order valence-electron chi connectivity index (χ0n) is 63.2. The van der Waals surface area contributed by atoms with E-state index in [1.807, 2.05) is 19.1 Å². The second-order valence-electron chi connectivity index (χ2n) is 27.6. The Morgan fingerprint density at radius 1 is 0.743 bits per heavy atom. The number of aryl methyl sites for hydroxylation is 2. The summed E-state index contributed by atoms with van der Waals surface area (Å²) in [6, 6.07) is 7.38. The molecule has 39 heteroatoms. The fourth-order valence-electron chi connectivity index (χ4n) is 12.4. The number of benzene rings is 4. The van der Waals surface area contributed by atoms with Crippen LogP contribution in [-0.2, 0) is 98.0 Å². The number of rotatable bonds is 43. The van der Waals surface area contributed by atoms with Gasteiger partial charge >= 0.3 is 11.9 Å². The van der Waals surface area contributed by atoms with Crippen molar-refractivity contribution in [2.24, 2.45) is 5.73 Å². The molecule has 18 N–H and O–H groups in total. The van der Waals surface area contributed by atoms with E-state index < -0.39 is 203 Å². The van der Waals surface area contributed by atoms with Crippen LogP contribution in [0.15, 0.2) is 97.5 Å². The van der Waals surface area contributed by atoms with Crippen LogP contribution in [0.2, 0.25) is 5.02 Å². The number of likely N-dealkylation sites (tertiary alicyclic amines) is 1. The molecule has 1 fully saturated rings. The third-order valence-electron chi connectivity index (χ3n) is 18.6. The van der Waals surface area contributed by atoms with Crippen LogP contribution in [0.5, 0.6) is 11.5 Å². The van der Waals surface area contributed by atoms with E-state index in [1.165, 1.54) is 44.8 Å². The molecule has 614 valence electrons. The Labute approximate surface area is 654 Å². The summed E-state index contributed by atoms with van der Waals surface area (Å²) in [7, 11) is -2.48. The summed E-state index contributed by atoms with van der Waals surface area (Å²) in [6.45, 7) is 5.54. The van der Waals surface area contributed by atoms with Gasteiger partial charge in [0.2, 0.25) is 75.0 Å². The number of carbonyl (C=O) groups excluding carboxylic acids is 11. The van der Waals surface area contributed by atoms with E-state index in [1.54, 1.807) is 55.5 Å². The number of aliphatic carboxylic acids is 2. The van der Waals surface area contributed by atoms with Gasteiger partial charge in [0, 0.05) is 55.6 Å². The monoisotopic (exact) mass is 1620 g/mol. The lowest BCUT2D eigenvalue weighted by atomic mass is 9.90. The fraction of sp³-hybridized carbons (Fsp3) is 0.459. The average Bonchev–Trinajstić information content (AvgIpc) is 1.68. The van der Waals surface area contributed by atoms with Crippen LogP contribution in [0.1, 0.15) is 101 Å². The van der Waals surface area contributed by atoms with Crippen molar-refractivity contribution in [1.82, 2.24) is 67.4 Å². The Morgan fingerprint density at radius 3 is 1.97 bits per heavy atom. The molecule has 0 saturated carbocycles. The van der Waals surface area contributed by atoms with E-state index in [0.717, 1.165) is 54.7 Å². The number of carboxylic acids is 2. The van der Waals surface area contributed by atoms with Crippen molar-refractivity contribution in [1.29, 1.82) is 0 Å². The number of hydrogen-bond donors (Lipinski definition) is 17. The highest BCUT2D eigenvalue weighted by molar-refractivity contribution is 7.88. The lowest BCUT2D eigenvalue weighted by Crippen LogP contribution is -2.67. The van der Waals surface area contributed by atoms with Crippen LogP contribution in [0.4, 0.5) is 4.39 Å². The molecule has 6 rings (SSSR count). The molecule has 2 unspecified atom stereocenters. The highest BCUT2D eigenvalue weighted by Crippen LogP contribution is 2.32. The van der Waals surface area contributed by atoms with Gasteiger partial charge in [-0.3, -0.25) is 62.3 Å². The number of ether oxygens (including phenoxy) is 2. The van der Waals surface area contributed by atoms with E-state index in [4.69, 9.17) is 26.8 Å². The number of primary amides is 1. The number of nitrogens with two attached hydrogens (primary N) is 1. The molecule has 36 nitrogen and oxygen atoms in total. The Balaban J connectivity index is 1.17. The van der Waals surface area contributed by atoms with Crippen molar-refractivity contribution in [2.75, 3.05) is 39.7 Å². The maximum Gasteiger partial charge on any atom is 0.305 e. The van der Waals surface area contributed by atoms with Gasteiger partial charge in [0.05, 0.1) is 58.1 Å². The van der Waals surface area contributed by atoms with Gasteiger partial charge in [0.15, 0.2) is 0 Å². The molecule has 4 aromatic carbocycles. The predicted molar refractivity (Wildman–Crippen MR) is 403 cm³/mol. The molecule has 5 aromatic rings. The van der Waals surface area contributed by atoms with E-state index in [0.29, 0.717) is 39.8 Å². The number of nitrogens with zero attached hydrogens (tertiary/aromatic N) is 2. The van der Waals surface area contributed by atoms with Crippen molar-refractivity contribution in [3.8, 4) is 22.6 Å². The van der Waals surface area contributed by atoms with Crippen molar-refractivity contribution >= 4 is 98.5 Å². The second-order valence-corrected chi connectivity index (χ2v) is 29.8. The number of imidazole rings is 1. The molecule has 2 heterocycles. The number of aromatic amines is 1. The number of H-pyrrole nitrogens is 1. The third-order valence-corrected chi connectivity index (χ3v) is 19.5. The SMILES string of the molecule is CCc1cc(OC)ccc1-c1ccc(C[C@H](NC(=O)[C@H](CC(=O)O)NC(=O)[C@H](CO)NC(=O)[C@@H](NC(=O)C(C)(Cc2ccccc2F)NC(=O)[C@@H](NC(=O)CNC(=O)[C@H](CCC(=O)O)NC(=O)C2(C)CCCN2C(=O)[C@H](Cc2cnc[nH]2)NS(C)(=O)=O)[C@@H](C)O)[C@@H](C)O)C(=O)N[C@@H](CCOc2ccc(Cl)cc2C)C(N)=O)cc1. The van der Waals surface area contributed by atoms with E-state index in [2.05, 4.69) is 62.5 Å². The van der Waals surface area contributed by atoms with Gasteiger partial charge in [-0.05, 0) is 130 Å². The standard InChI is InChI=1S/C74H96ClFN14O22S/c1-9-43-31-48(111-7)20-21-49(43)44-17-15-42(16-18-44)30-53(65(101)81-51(63(77)99)25-28-112-57-23-19-46(75)29-39(57)2)82-66(102)54(33-60(97)98)83-67(103)56(37-91)84-68(104)61(40(3)92)87-71(107)73(5,34-45-13-10-11-14-50(45)76)88-69(105)62(41(4)93)86-58(94)36-79-64(100)52(22-24-59(95)96)85-72(108)74(6)26-12-27-90(74)70(106)55(89-113(8,109)110)32-47-35-78-38-80-47/h10-11,13-21,23,29,31,35,38,40-41,51-56,61-62,89,91-93H,9,12,22,24-28,30,32-34,36-37H2,1-8H3,(H2,77,99)(H,78,80)(H,79,100)(H,81,101)(H,82,102)(H,83,103)(H,84,104)(H,85,108)(H,86,94)(H,87,107)(H,88,105)(H,95,96)(H,97,98)/t40-,41-,51+,52+,53+,54+,55+,56+,61+,62+,73?,74?/m1/s1. The van der Waals surface area contributed by atoms with Crippen LogP contribution >= 0.6 is 11.6 Å². The molecule has 0 spiro atoms. The number of aliphatic hydroxyl groups excluding tert-OH is 3. The normalized spacial score (nSPS) is 16.5. The first-order valence-electron chi connectivity index (χ1n) is 35.8. The van der Waals surface area contributed by atoms with Gasteiger partial charge in [-0.25, -0.2) is 22.5 Å². The molecular weight excluding hydrogens is 1520 g/mol. The molecule has 11 amide bonds. The lowest BCUT2D eigenvalue weighted by Gasteiger charge is -2.37.